The Morgan fingerprint density at radius 3 is 2.72 bits per heavy atom. The van der Waals surface area contributed by atoms with E-state index >= 15 is 0 Å². The lowest BCUT2D eigenvalue weighted by Crippen LogP contribution is -2.37. The third kappa shape index (κ3) is 5.65. The largest absolute Gasteiger partial charge is 0.357 e. The van der Waals surface area contributed by atoms with Crippen LogP contribution >= 0.6 is 0 Å². The molecule has 0 aliphatic heterocycles. The standard InChI is InChI=1S/C12H23N5O/c1-4-6-7-8-14-12(13-5-2)15-9-11-16-10(3)18-17-11/h4-9H2,1-3H3,(H2,13,14,15). The second-order valence-corrected chi connectivity index (χ2v) is 4.06. The summed E-state index contributed by atoms with van der Waals surface area (Å²) in [6.45, 7) is 8.21. The van der Waals surface area contributed by atoms with Gasteiger partial charge in [-0.15, -0.1) is 0 Å². The molecule has 2 N–H and O–H groups in total. The van der Waals surface area contributed by atoms with Crippen molar-refractivity contribution in [3.63, 3.8) is 0 Å². The number of hydrogen-bond donors (Lipinski definition) is 2. The Hall–Kier alpha value is -1.59. The van der Waals surface area contributed by atoms with Crippen molar-refractivity contribution in [1.82, 2.24) is 20.8 Å². The summed E-state index contributed by atoms with van der Waals surface area (Å²) in [6.07, 6.45) is 3.61. The molecule has 1 aromatic heterocycles. The predicted octanol–water partition coefficient (Wildman–Crippen LogP) is 1.62. The van der Waals surface area contributed by atoms with Gasteiger partial charge in [0.15, 0.2) is 11.8 Å². The molecule has 0 saturated carbocycles. The molecule has 0 aromatic carbocycles. The summed E-state index contributed by atoms with van der Waals surface area (Å²) >= 11 is 0. The van der Waals surface area contributed by atoms with Crippen LogP contribution in [0.1, 0.15) is 44.8 Å². The van der Waals surface area contributed by atoms with Crippen LogP contribution in [-0.2, 0) is 6.54 Å². The maximum absolute atomic E-state index is 4.90. The number of rotatable bonds is 7. The van der Waals surface area contributed by atoms with E-state index in [2.05, 4.69) is 32.7 Å². The number of nitrogens with zero attached hydrogens (tertiary/aromatic N) is 3. The van der Waals surface area contributed by atoms with Crippen LogP contribution in [0.25, 0.3) is 0 Å². The van der Waals surface area contributed by atoms with Gasteiger partial charge in [0.05, 0.1) is 0 Å². The first-order valence-corrected chi connectivity index (χ1v) is 6.57. The predicted molar refractivity (Wildman–Crippen MR) is 71.4 cm³/mol. The van der Waals surface area contributed by atoms with Gasteiger partial charge in [0, 0.05) is 20.0 Å². The monoisotopic (exact) mass is 253 g/mol. The van der Waals surface area contributed by atoms with Crippen molar-refractivity contribution in [3.8, 4) is 0 Å². The molecule has 0 fully saturated rings. The molecule has 18 heavy (non-hydrogen) atoms. The molecule has 0 atom stereocenters. The van der Waals surface area contributed by atoms with Crippen molar-refractivity contribution in [2.24, 2.45) is 4.99 Å². The second-order valence-electron chi connectivity index (χ2n) is 4.06. The lowest BCUT2D eigenvalue weighted by molar-refractivity contribution is 0.387. The van der Waals surface area contributed by atoms with Crippen LogP contribution in [0, 0.1) is 6.92 Å². The second kappa shape index (κ2) is 8.49. The minimum absolute atomic E-state index is 0.431. The highest BCUT2D eigenvalue weighted by Crippen LogP contribution is 1.96. The molecule has 1 aromatic rings. The average molecular weight is 253 g/mol. The van der Waals surface area contributed by atoms with Crippen LogP contribution in [0.2, 0.25) is 0 Å². The number of hydrogen-bond acceptors (Lipinski definition) is 4. The van der Waals surface area contributed by atoms with Crippen molar-refractivity contribution >= 4 is 5.96 Å². The van der Waals surface area contributed by atoms with Gasteiger partial charge in [-0.05, 0) is 13.3 Å². The summed E-state index contributed by atoms with van der Waals surface area (Å²) < 4.78 is 4.90. The maximum Gasteiger partial charge on any atom is 0.223 e. The summed E-state index contributed by atoms with van der Waals surface area (Å²) in [6, 6.07) is 0. The molecule has 6 nitrogen and oxygen atoms in total. The van der Waals surface area contributed by atoms with Gasteiger partial charge in [-0.25, -0.2) is 4.99 Å². The van der Waals surface area contributed by atoms with Crippen LogP contribution < -0.4 is 10.6 Å². The zero-order chi connectivity index (χ0) is 13.2. The lowest BCUT2D eigenvalue weighted by atomic mass is 10.2. The first-order valence-electron chi connectivity index (χ1n) is 6.57. The molecular formula is C12H23N5O. The van der Waals surface area contributed by atoms with Gasteiger partial charge < -0.3 is 15.2 Å². The molecule has 0 radical (unpaired) electrons. The zero-order valence-electron chi connectivity index (χ0n) is 11.5. The molecule has 6 heteroatoms. The zero-order valence-corrected chi connectivity index (χ0v) is 11.5. The number of aromatic nitrogens is 2. The smallest absolute Gasteiger partial charge is 0.223 e. The summed E-state index contributed by atoms with van der Waals surface area (Å²) in [5.74, 6) is 1.98. The van der Waals surface area contributed by atoms with Crippen LogP contribution in [0.4, 0.5) is 0 Å². The molecule has 1 rings (SSSR count). The van der Waals surface area contributed by atoms with Crippen LogP contribution in [0.15, 0.2) is 9.52 Å². The van der Waals surface area contributed by atoms with E-state index in [0.29, 0.717) is 18.3 Å². The molecule has 0 aliphatic carbocycles. The highest BCUT2D eigenvalue weighted by atomic mass is 16.5. The minimum atomic E-state index is 0.431. The van der Waals surface area contributed by atoms with Gasteiger partial charge in [-0.1, -0.05) is 24.9 Å². The maximum atomic E-state index is 4.90. The summed E-state index contributed by atoms with van der Waals surface area (Å²) in [5, 5.41) is 10.3. The molecule has 0 amide bonds. The number of unbranched alkanes of at least 4 members (excludes halogenated alkanes) is 2. The molecule has 0 bridgehead atoms. The Balaban J connectivity index is 2.39. The van der Waals surface area contributed by atoms with E-state index < -0.39 is 0 Å². The molecule has 0 saturated heterocycles. The Morgan fingerprint density at radius 2 is 2.11 bits per heavy atom. The highest BCUT2D eigenvalue weighted by molar-refractivity contribution is 5.79. The number of aliphatic imine (C=N–C) groups is 1. The first kappa shape index (κ1) is 14.5. The Labute approximate surface area is 108 Å². The van der Waals surface area contributed by atoms with Crippen molar-refractivity contribution in [2.75, 3.05) is 13.1 Å². The van der Waals surface area contributed by atoms with E-state index in [4.69, 9.17) is 4.52 Å². The van der Waals surface area contributed by atoms with Crippen LogP contribution in [0.5, 0.6) is 0 Å². The van der Waals surface area contributed by atoms with Gasteiger partial charge in [0.1, 0.15) is 6.54 Å². The fraction of sp³-hybridized carbons (Fsp3) is 0.750. The van der Waals surface area contributed by atoms with Gasteiger partial charge in [-0.3, -0.25) is 0 Å². The SMILES string of the molecule is CCCCCNC(=NCc1noc(C)n1)NCC. The van der Waals surface area contributed by atoms with Crippen LogP contribution in [-0.4, -0.2) is 29.2 Å². The summed E-state index contributed by atoms with van der Waals surface area (Å²) in [4.78, 5) is 8.52. The van der Waals surface area contributed by atoms with E-state index in [-0.39, 0.29) is 0 Å². The van der Waals surface area contributed by atoms with E-state index in [1.54, 1.807) is 6.92 Å². The molecular weight excluding hydrogens is 230 g/mol. The molecule has 0 spiro atoms. The Bertz CT molecular complexity index is 361. The van der Waals surface area contributed by atoms with Crippen molar-refractivity contribution in [3.05, 3.63) is 11.7 Å². The minimum Gasteiger partial charge on any atom is -0.357 e. The van der Waals surface area contributed by atoms with E-state index in [9.17, 15) is 0 Å². The first-order chi connectivity index (χ1) is 8.76. The van der Waals surface area contributed by atoms with Crippen molar-refractivity contribution in [2.45, 2.75) is 46.6 Å². The number of aryl methyl sites for hydroxylation is 1. The quantitative estimate of drug-likeness (QED) is 0.439. The topological polar surface area (TPSA) is 75.3 Å². The normalized spacial score (nSPS) is 11.6. The number of nitrogens with one attached hydrogen (secondary N) is 2. The van der Waals surface area contributed by atoms with Gasteiger partial charge in [0.2, 0.25) is 5.89 Å². The Morgan fingerprint density at radius 1 is 1.28 bits per heavy atom. The summed E-state index contributed by atoms with van der Waals surface area (Å²) in [5.41, 5.74) is 0. The highest BCUT2D eigenvalue weighted by Gasteiger charge is 2.02. The molecule has 102 valence electrons. The van der Waals surface area contributed by atoms with E-state index in [0.717, 1.165) is 25.5 Å². The molecule has 1 heterocycles. The lowest BCUT2D eigenvalue weighted by Gasteiger charge is -2.10. The molecule has 0 unspecified atom stereocenters. The van der Waals surface area contributed by atoms with Gasteiger partial charge in [0.25, 0.3) is 0 Å². The van der Waals surface area contributed by atoms with Gasteiger partial charge in [-0.2, -0.15) is 4.98 Å². The van der Waals surface area contributed by atoms with Crippen molar-refractivity contribution in [1.29, 1.82) is 0 Å². The summed E-state index contributed by atoms with van der Waals surface area (Å²) in [7, 11) is 0. The fourth-order valence-electron chi connectivity index (χ4n) is 1.48. The Kier molecular flexibility index (Phi) is 6.83. The number of guanidine groups is 1. The third-order valence-corrected chi connectivity index (χ3v) is 2.37. The molecule has 0 aliphatic rings. The van der Waals surface area contributed by atoms with Crippen molar-refractivity contribution < 1.29 is 4.52 Å². The van der Waals surface area contributed by atoms with E-state index in [1.807, 2.05) is 6.92 Å². The van der Waals surface area contributed by atoms with E-state index in [1.165, 1.54) is 12.8 Å². The van der Waals surface area contributed by atoms with Crippen LogP contribution in [0.3, 0.4) is 0 Å². The average Bonchev–Trinajstić information content (AvgIpc) is 2.77. The van der Waals surface area contributed by atoms with Gasteiger partial charge >= 0.3 is 0 Å². The fourth-order valence-corrected chi connectivity index (χ4v) is 1.48. The third-order valence-electron chi connectivity index (χ3n) is 2.37.